The predicted molar refractivity (Wildman–Crippen MR) is 110 cm³/mol. The number of nitrogens with two attached hydrogens (primary N) is 1. The van der Waals surface area contributed by atoms with E-state index < -0.39 is 0 Å². The Morgan fingerprint density at radius 1 is 1.22 bits per heavy atom. The molecular formula is C20H24Cl2N2O3. The van der Waals surface area contributed by atoms with E-state index in [4.69, 9.17) is 26.8 Å². The maximum absolute atomic E-state index is 12.8. The molecule has 2 aromatic carbocycles. The summed E-state index contributed by atoms with van der Waals surface area (Å²) >= 11 is 6.08. The highest BCUT2D eigenvalue weighted by molar-refractivity contribution is 6.33. The number of likely N-dealkylation sites (tertiary alicyclic amines) is 1. The molecule has 0 radical (unpaired) electrons. The molecule has 1 aliphatic rings. The van der Waals surface area contributed by atoms with E-state index in [1.807, 2.05) is 35.2 Å². The fraction of sp³-hybridized carbons (Fsp3) is 0.350. The van der Waals surface area contributed by atoms with Gasteiger partial charge in [0.25, 0.3) is 5.91 Å². The summed E-state index contributed by atoms with van der Waals surface area (Å²) in [6.07, 6.45) is 1.81. The first-order valence-electron chi connectivity index (χ1n) is 8.68. The first kappa shape index (κ1) is 21.2. The molecule has 0 bridgehead atoms. The van der Waals surface area contributed by atoms with E-state index >= 15 is 0 Å². The highest BCUT2D eigenvalue weighted by Gasteiger charge is 2.26. The van der Waals surface area contributed by atoms with Gasteiger partial charge in [0.15, 0.2) is 0 Å². The zero-order valence-corrected chi connectivity index (χ0v) is 16.8. The highest BCUT2D eigenvalue weighted by Crippen LogP contribution is 2.31. The number of amides is 1. The van der Waals surface area contributed by atoms with Crippen molar-refractivity contribution < 1.29 is 14.3 Å². The SMILES string of the molecule is COc1cc(N)c(Cl)cc1C(=O)N1CCC(COc2ccccc2)CC1.Cl. The summed E-state index contributed by atoms with van der Waals surface area (Å²) < 4.78 is 11.1. The molecular weight excluding hydrogens is 387 g/mol. The molecule has 2 aromatic rings. The van der Waals surface area contributed by atoms with Crippen LogP contribution in [0, 0.1) is 5.92 Å². The van der Waals surface area contributed by atoms with Crippen molar-refractivity contribution in [1.29, 1.82) is 0 Å². The van der Waals surface area contributed by atoms with Crippen LogP contribution in [-0.2, 0) is 0 Å². The summed E-state index contributed by atoms with van der Waals surface area (Å²) in [4.78, 5) is 14.7. The minimum absolute atomic E-state index is 0. The number of carbonyl (C=O) groups excluding carboxylic acids is 1. The van der Waals surface area contributed by atoms with Crippen LogP contribution in [-0.4, -0.2) is 37.6 Å². The van der Waals surface area contributed by atoms with Gasteiger partial charge in [-0.1, -0.05) is 29.8 Å². The normalized spacial score (nSPS) is 14.4. The van der Waals surface area contributed by atoms with E-state index in [2.05, 4.69) is 0 Å². The Balaban J connectivity index is 0.00000261. The Bertz CT molecular complexity index is 763. The van der Waals surface area contributed by atoms with Crippen molar-refractivity contribution in [1.82, 2.24) is 4.90 Å². The third-order valence-electron chi connectivity index (χ3n) is 4.68. The van der Waals surface area contributed by atoms with Gasteiger partial charge in [0.1, 0.15) is 11.5 Å². The molecule has 0 unspecified atom stereocenters. The number of ether oxygens (including phenoxy) is 2. The third kappa shape index (κ3) is 5.21. The zero-order chi connectivity index (χ0) is 18.5. The van der Waals surface area contributed by atoms with Gasteiger partial charge in [0.2, 0.25) is 0 Å². The zero-order valence-electron chi connectivity index (χ0n) is 15.2. The molecule has 0 spiro atoms. The molecule has 27 heavy (non-hydrogen) atoms. The van der Waals surface area contributed by atoms with E-state index in [1.165, 1.54) is 7.11 Å². The molecule has 0 aromatic heterocycles. The fourth-order valence-corrected chi connectivity index (χ4v) is 3.27. The number of hydrogen-bond acceptors (Lipinski definition) is 4. The van der Waals surface area contributed by atoms with E-state index in [0.717, 1.165) is 18.6 Å². The van der Waals surface area contributed by atoms with Crippen LogP contribution in [0.25, 0.3) is 0 Å². The van der Waals surface area contributed by atoms with Crippen LogP contribution < -0.4 is 15.2 Å². The number of hydrogen-bond donors (Lipinski definition) is 1. The molecule has 1 amide bonds. The lowest BCUT2D eigenvalue weighted by atomic mass is 9.97. The molecule has 0 aliphatic carbocycles. The number of methoxy groups -OCH3 is 1. The van der Waals surface area contributed by atoms with Crippen LogP contribution in [0.15, 0.2) is 42.5 Å². The largest absolute Gasteiger partial charge is 0.496 e. The molecule has 0 atom stereocenters. The lowest BCUT2D eigenvalue weighted by molar-refractivity contribution is 0.0658. The summed E-state index contributed by atoms with van der Waals surface area (Å²) in [6.45, 7) is 2.04. The van der Waals surface area contributed by atoms with Crippen molar-refractivity contribution in [3.05, 3.63) is 53.1 Å². The van der Waals surface area contributed by atoms with Crippen LogP contribution in [0.1, 0.15) is 23.2 Å². The molecule has 5 nitrogen and oxygen atoms in total. The number of nitrogen functional groups attached to an aromatic ring is 1. The van der Waals surface area contributed by atoms with E-state index in [1.54, 1.807) is 12.1 Å². The molecule has 1 saturated heterocycles. The third-order valence-corrected chi connectivity index (χ3v) is 5.01. The molecule has 0 saturated carbocycles. The highest BCUT2D eigenvalue weighted by atomic mass is 35.5. The summed E-state index contributed by atoms with van der Waals surface area (Å²) in [5.74, 6) is 1.70. The van der Waals surface area contributed by atoms with Crippen LogP contribution >= 0.6 is 24.0 Å². The van der Waals surface area contributed by atoms with Crippen LogP contribution in [0.2, 0.25) is 5.02 Å². The number of nitrogens with zero attached hydrogens (tertiary/aromatic N) is 1. The van der Waals surface area contributed by atoms with Gasteiger partial charge in [-0.15, -0.1) is 12.4 Å². The monoisotopic (exact) mass is 410 g/mol. The van der Waals surface area contributed by atoms with Crippen molar-refractivity contribution >= 4 is 35.6 Å². The Morgan fingerprint density at radius 2 is 1.89 bits per heavy atom. The number of piperidine rings is 1. The first-order chi connectivity index (χ1) is 12.6. The molecule has 1 heterocycles. The van der Waals surface area contributed by atoms with Crippen molar-refractivity contribution in [3.63, 3.8) is 0 Å². The fourth-order valence-electron chi connectivity index (χ4n) is 3.11. The minimum atomic E-state index is -0.0776. The molecule has 7 heteroatoms. The average Bonchev–Trinajstić information content (AvgIpc) is 2.68. The molecule has 146 valence electrons. The van der Waals surface area contributed by atoms with Gasteiger partial charge >= 0.3 is 0 Å². The Kier molecular flexibility index (Phi) is 7.63. The van der Waals surface area contributed by atoms with Gasteiger partial charge in [-0.25, -0.2) is 0 Å². The number of para-hydroxylation sites is 1. The second-order valence-corrected chi connectivity index (χ2v) is 6.84. The van der Waals surface area contributed by atoms with Gasteiger partial charge in [-0.3, -0.25) is 4.79 Å². The molecule has 3 rings (SSSR count). The van der Waals surface area contributed by atoms with Crippen molar-refractivity contribution in [2.75, 3.05) is 32.5 Å². The molecule has 1 fully saturated rings. The summed E-state index contributed by atoms with van der Waals surface area (Å²) in [7, 11) is 1.52. The summed E-state index contributed by atoms with van der Waals surface area (Å²) in [5, 5.41) is 0.361. The lowest BCUT2D eigenvalue weighted by Crippen LogP contribution is -2.39. The van der Waals surface area contributed by atoms with Gasteiger partial charge in [0.05, 0.1) is 30.0 Å². The topological polar surface area (TPSA) is 64.8 Å². The number of benzene rings is 2. The minimum Gasteiger partial charge on any atom is -0.496 e. The molecule has 1 aliphatic heterocycles. The maximum atomic E-state index is 12.8. The number of halogens is 2. The van der Waals surface area contributed by atoms with Gasteiger partial charge in [-0.2, -0.15) is 0 Å². The Morgan fingerprint density at radius 3 is 2.52 bits per heavy atom. The first-order valence-corrected chi connectivity index (χ1v) is 9.06. The van der Waals surface area contributed by atoms with Gasteiger partial charge < -0.3 is 20.1 Å². The van der Waals surface area contributed by atoms with Gasteiger partial charge in [0, 0.05) is 19.2 Å². The van der Waals surface area contributed by atoms with E-state index in [9.17, 15) is 4.79 Å². The van der Waals surface area contributed by atoms with Crippen molar-refractivity contribution in [2.45, 2.75) is 12.8 Å². The smallest absolute Gasteiger partial charge is 0.257 e. The standard InChI is InChI=1S/C20H23ClN2O3.ClH/c1-25-19-12-18(22)17(21)11-16(19)20(24)23-9-7-14(8-10-23)13-26-15-5-3-2-4-6-15;/h2-6,11-12,14H,7-10,13,22H2,1H3;1H. The summed E-state index contributed by atoms with van der Waals surface area (Å²) in [6, 6.07) is 13.0. The Hall–Kier alpha value is -2.11. The predicted octanol–water partition coefficient (Wildman–Crippen LogP) is 4.28. The van der Waals surface area contributed by atoms with Crippen LogP contribution in [0.5, 0.6) is 11.5 Å². The van der Waals surface area contributed by atoms with E-state index in [-0.39, 0.29) is 18.3 Å². The van der Waals surface area contributed by atoms with Gasteiger partial charge in [-0.05, 0) is 37.0 Å². The van der Waals surface area contributed by atoms with E-state index in [0.29, 0.717) is 47.6 Å². The maximum Gasteiger partial charge on any atom is 0.257 e. The average molecular weight is 411 g/mol. The second-order valence-electron chi connectivity index (χ2n) is 6.43. The Labute approximate surface area is 170 Å². The number of anilines is 1. The number of carbonyl (C=O) groups is 1. The lowest BCUT2D eigenvalue weighted by Gasteiger charge is -2.32. The quantitative estimate of drug-likeness (QED) is 0.746. The molecule has 2 N–H and O–H groups in total. The second kappa shape index (κ2) is 9.72. The van der Waals surface area contributed by atoms with Crippen LogP contribution in [0.4, 0.5) is 5.69 Å². The van der Waals surface area contributed by atoms with Crippen molar-refractivity contribution in [3.8, 4) is 11.5 Å². The van der Waals surface area contributed by atoms with Crippen molar-refractivity contribution in [2.24, 2.45) is 5.92 Å². The van der Waals surface area contributed by atoms with Crippen LogP contribution in [0.3, 0.4) is 0 Å². The number of rotatable bonds is 5. The summed E-state index contributed by atoms with van der Waals surface area (Å²) in [5.41, 5.74) is 6.64.